The number of amides is 2. The first-order valence-corrected chi connectivity index (χ1v) is 12.0. The lowest BCUT2D eigenvalue weighted by Crippen LogP contribution is -2.52. The van der Waals surface area contributed by atoms with Gasteiger partial charge in [-0.15, -0.1) is 0 Å². The fourth-order valence-electron chi connectivity index (χ4n) is 4.37. The van der Waals surface area contributed by atoms with Crippen molar-refractivity contribution in [2.45, 2.75) is 58.5 Å². The summed E-state index contributed by atoms with van der Waals surface area (Å²) in [6.07, 6.45) is 1.99. The van der Waals surface area contributed by atoms with Gasteiger partial charge in [-0.25, -0.2) is 4.79 Å². The van der Waals surface area contributed by atoms with Crippen LogP contribution in [0.3, 0.4) is 0 Å². The second-order valence-corrected chi connectivity index (χ2v) is 9.16. The van der Waals surface area contributed by atoms with Gasteiger partial charge in [-0.3, -0.25) is 9.59 Å². The van der Waals surface area contributed by atoms with E-state index >= 15 is 0 Å². The Bertz CT molecular complexity index is 1060. The Morgan fingerprint density at radius 1 is 1.06 bits per heavy atom. The zero-order valence-corrected chi connectivity index (χ0v) is 20.8. The number of rotatable bonds is 10. The van der Waals surface area contributed by atoms with Gasteiger partial charge in [-0.05, 0) is 55.9 Å². The zero-order chi connectivity index (χ0) is 25.5. The Balaban J connectivity index is 1.74. The molecule has 1 aliphatic rings. The van der Waals surface area contributed by atoms with Crippen molar-refractivity contribution in [3.05, 3.63) is 71.3 Å². The van der Waals surface area contributed by atoms with Gasteiger partial charge in [0.05, 0.1) is 0 Å². The molecule has 0 saturated carbocycles. The van der Waals surface area contributed by atoms with Gasteiger partial charge in [0.2, 0.25) is 5.91 Å². The van der Waals surface area contributed by atoms with Gasteiger partial charge >= 0.3 is 12.1 Å². The molecule has 7 heteroatoms. The molecule has 2 N–H and O–H groups in total. The summed E-state index contributed by atoms with van der Waals surface area (Å²) in [6, 6.07) is 14.9. The maximum atomic E-state index is 13.3. The summed E-state index contributed by atoms with van der Waals surface area (Å²) in [5.74, 6) is -1.63. The van der Waals surface area contributed by atoms with Crippen LogP contribution in [0.5, 0.6) is 0 Å². The fourth-order valence-corrected chi connectivity index (χ4v) is 4.37. The number of nitrogens with zero attached hydrogens (tertiary/aromatic N) is 1. The number of carboxylic acid groups (broad SMARTS) is 1. The highest BCUT2D eigenvalue weighted by Crippen LogP contribution is 2.44. The predicted octanol–water partition coefficient (Wildman–Crippen LogP) is 4.96. The molecule has 2 unspecified atom stereocenters. The fraction of sp³-hybridized carbons (Fsp3) is 0.393. The minimum Gasteiger partial charge on any atom is -0.480 e. The first kappa shape index (κ1) is 26.0. The maximum absolute atomic E-state index is 13.3. The first-order chi connectivity index (χ1) is 16.7. The predicted molar refractivity (Wildman–Crippen MR) is 135 cm³/mol. The van der Waals surface area contributed by atoms with E-state index in [0.29, 0.717) is 6.42 Å². The van der Waals surface area contributed by atoms with Gasteiger partial charge in [0.25, 0.3) is 0 Å². The standard InChI is InChI=1S/C28H34N2O5/c1-5-19(4)30(16-26(31)32)27(33)25(15-14-18(2)3)29-28(34)35-17-24-22-12-8-6-10-20(22)21-11-7-9-13-23(21)24/h6-14,19,24-25H,5,15-17H2,1-4H3,(H,29,34)(H,31,32). The summed E-state index contributed by atoms with van der Waals surface area (Å²) in [4.78, 5) is 38.8. The average molecular weight is 479 g/mol. The quantitative estimate of drug-likeness (QED) is 0.471. The molecule has 0 heterocycles. The van der Waals surface area contributed by atoms with E-state index in [-0.39, 0.29) is 25.0 Å². The van der Waals surface area contributed by atoms with Crippen LogP contribution in [0, 0.1) is 0 Å². The number of allylic oxidation sites excluding steroid dienone is 1. The van der Waals surface area contributed by atoms with E-state index in [4.69, 9.17) is 4.74 Å². The highest BCUT2D eigenvalue weighted by Gasteiger charge is 2.32. The number of benzene rings is 2. The minimum atomic E-state index is -1.10. The van der Waals surface area contributed by atoms with Gasteiger partial charge < -0.3 is 20.1 Å². The van der Waals surface area contributed by atoms with Crippen LogP contribution in [0.15, 0.2) is 60.2 Å². The lowest BCUT2D eigenvalue weighted by molar-refractivity contribution is -0.147. The number of alkyl carbamates (subject to hydrolysis) is 1. The van der Waals surface area contributed by atoms with Crippen molar-refractivity contribution < 1.29 is 24.2 Å². The van der Waals surface area contributed by atoms with Crippen molar-refractivity contribution in [2.24, 2.45) is 0 Å². The number of ether oxygens (including phenoxy) is 1. The van der Waals surface area contributed by atoms with Crippen molar-refractivity contribution in [1.29, 1.82) is 0 Å². The van der Waals surface area contributed by atoms with Gasteiger partial charge in [-0.1, -0.05) is 67.1 Å². The highest BCUT2D eigenvalue weighted by molar-refractivity contribution is 5.88. The number of aliphatic carboxylic acids is 1. The third kappa shape index (κ3) is 6.29. The van der Waals surface area contributed by atoms with Gasteiger partial charge in [-0.2, -0.15) is 0 Å². The second-order valence-electron chi connectivity index (χ2n) is 9.16. The van der Waals surface area contributed by atoms with Crippen LogP contribution >= 0.6 is 0 Å². The number of carbonyl (C=O) groups excluding carboxylic acids is 2. The Hall–Kier alpha value is -3.61. The van der Waals surface area contributed by atoms with E-state index in [1.165, 1.54) is 4.90 Å². The summed E-state index contributed by atoms with van der Waals surface area (Å²) in [5.41, 5.74) is 5.45. The third-order valence-corrected chi connectivity index (χ3v) is 6.41. The third-order valence-electron chi connectivity index (χ3n) is 6.41. The van der Waals surface area contributed by atoms with E-state index in [1.807, 2.05) is 63.2 Å². The molecule has 0 aliphatic heterocycles. The van der Waals surface area contributed by atoms with Crippen molar-refractivity contribution in [1.82, 2.24) is 10.2 Å². The van der Waals surface area contributed by atoms with Crippen LogP contribution in [0.4, 0.5) is 4.79 Å². The van der Waals surface area contributed by atoms with Gasteiger partial charge in [0.1, 0.15) is 19.2 Å². The normalized spacial score (nSPS) is 13.7. The summed E-state index contributed by atoms with van der Waals surface area (Å²) in [5, 5.41) is 12.0. The molecule has 2 atom stereocenters. The number of hydrogen-bond acceptors (Lipinski definition) is 4. The van der Waals surface area contributed by atoms with Crippen molar-refractivity contribution in [3.63, 3.8) is 0 Å². The molecule has 0 fully saturated rings. The first-order valence-electron chi connectivity index (χ1n) is 12.0. The van der Waals surface area contributed by atoms with Crippen LogP contribution in [0.2, 0.25) is 0 Å². The SMILES string of the molecule is CCC(C)N(CC(=O)O)C(=O)C(CC=C(C)C)NC(=O)OCC1c2ccccc2-c2ccccc21. The van der Waals surface area contributed by atoms with Crippen LogP contribution in [-0.4, -0.2) is 53.2 Å². The molecular weight excluding hydrogens is 444 g/mol. The number of carboxylic acids is 1. The molecule has 0 spiro atoms. The molecular formula is C28H34N2O5. The number of hydrogen-bond donors (Lipinski definition) is 2. The molecule has 2 aromatic carbocycles. The number of carbonyl (C=O) groups is 3. The lowest BCUT2D eigenvalue weighted by atomic mass is 9.98. The van der Waals surface area contributed by atoms with Crippen LogP contribution < -0.4 is 5.32 Å². The molecule has 0 bridgehead atoms. The largest absolute Gasteiger partial charge is 0.480 e. The minimum absolute atomic E-state index is 0.0938. The zero-order valence-electron chi connectivity index (χ0n) is 20.8. The van der Waals surface area contributed by atoms with Gasteiger partial charge in [0, 0.05) is 12.0 Å². The van der Waals surface area contributed by atoms with E-state index in [2.05, 4.69) is 17.4 Å². The number of nitrogens with one attached hydrogen (secondary N) is 1. The molecule has 2 amide bonds. The number of fused-ring (bicyclic) bond motifs is 3. The van der Waals surface area contributed by atoms with Crippen molar-refractivity contribution in [3.8, 4) is 11.1 Å². The Labute approximate surface area is 206 Å². The molecule has 7 nitrogen and oxygen atoms in total. The molecule has 3 rings (SSSR count). The Morgan fingerprint density at radius 2 is 1.63 bits per heavy atom. The summed E-state index contributed by atoms with van der Waals surface area (Å²) in [6.45, 7) is 7.19. The van der Waals surface area contributed by atoms with Crippen LogP contribution in [0.1, 0.15) is 57.6 Å². The molecule has 35 heavy (non-hydrogen) atoms. The molecule has 1 aliphatic carbocycles. The Kier molecular flexibility index (Phi) is 8.68. The van der Waals surface area contributed by atoms with Crippen molar-refractivity contribution in [2.75, 3.05) is 13.2 Å². The molecule has 186 valence electrons. The van der Waals surface area contributed by atoms with Crippen LogP contribution in [-0.2, 0) is 14.3 Å². The molecule has 0 radical (unpaired) electrons. The summed E-state index contributed by atoms with van der Waals surface area (Å²) >= 11 is 0. The van der Waals surface area contributed by atoms with Crippen LogP contribution in [0.25, 0.3) is 11.1 Å². The lowest BCUT2D eigenvalue weighted by Gasteiger charge is -2.30. The van der Waals surface area contributed by atoms with E-state index < -0.39 is 30.6 Å². The second kappa shape index (κ2) is 11.7. The van der Waals surface area contributed by atoms with E-state index in [0.717, 1.165) is 27.8 Å². The molecule has 0 saturated heterocycles. The van der Waals surface area contributed by atoms with Crippen molar-refractivity contribution >= 4 is 18.0 Å². The molecule has 2 aromatic rings. The monoisotopic (exact) mass is 478 g/mol. The average Bonchev–Trinajstić information content (AvgIpc) is 3.16. The van der Waals surface area contributed by atoms with Gasteiger partial charge in [0.15, 0.2) is 0 Å². The molecule has 0 aromatic heterocycles. The van der Waals surface area contributed by atoms with E-state index in [1.54, 1.807) is 6.92 Å². The topological polar surface area (TPSA) is 95.9 Å². The van der Waals surface area contributed by atoms with E-state index in [9.17, 15) is 19.5 Å². The summed E-state index contributed by atoms with van der Waals surface area (Å²) in [7, 11) is 0. The smallest absolute Gasteiger partial charge is 0.407 e. The highest BCUT2D eigenvalue weighted by atomic mass is 16.5. The Morgan fingerprint density at radius 3 is 2.14 bits per heavy atom. The maximum Gasteiger partial charge on any atom is 0.407 e. The summed E-state index contributed by atoms with van der Waals surface area (Å²) < 4.78 is 5.62.